The Labute approximate surface area is 125 Å². The van der Waals surface area contributed by atoms with Crippen molar-refractivity contribution in [3.8, 4) is 0 Å². The SMILES string of the molecule is CCc1cc(=O)n2[nH]c(NCc3ccc(Cl)cc3)nc2n1. The number of nitrogens with one attached hydrogen (secondary N) is 2. The van der Waals surface area contributed by atoms with Crippen molar-refractivity contribution in [2.24, 2.45) is 0 Å². The molecule has 0 aliphatic rings. The molecule has 2 heterocycles. The maximum absolute atomic E-state index is 11.9. The highest BCUT2D eigenvalue weighted by Gasteiger charge is 2.07. The number of H-pyrrole nitrogens is 1. The zero-order valence-electron chi connectivity index (χ0n) is 11.4. The van der Waals surface area contributed by atoms with E-state index in [4.69, 9.17) is 11.6 Å². The number of aromatic nitrogens is 4. The first-order chi connectivity index (χ1) is 10.2. The van der Waals surface area contributed by atoms with Crippen molar-refractivity contribution in [1.82, 2.24) is 19.6 Å². The second kappa shape index (κ2) is 5.57. The molecule has 0 saturated heterocycles. The van der Waals surface area contributed by atoms with Gasteiger partial charge in [-0.05, 0) is 24.1 Å². The average Bonchev–Trinajstić information content (AvgIpc) is 2.90. The van der Waals surface area contributed by atoms with Gasteiger partial charge in [-0.15, -0.1) is 0 Å². The molecule has 0 unspecified atom stereocenters. The minimum absolute atomic E-state index is 0.163. The molecule has 2 N–H and O–H groups in total. The molecule has 21 heavy (non-hydrogen) atoms. The van der Waals surface area contributed by atoms with Gasteiger partial charge >= 0.3 is 0 Å². The van der Waals surface area contributed by atoms with Gasteiger partial charge in [0.1, 0.15) is 0 Å². The van der Waals surface area contributed by atoms with Crippen LogP contribution in [-0.4, -0.2) is 19.6 Å². The van der Waals surface area contributed by atoms with Gasteiger partial charge in [-0.3, -0.25) is 9.89 Å². The Morgan fingerprint density at radius 2 is 2.05 bits per heavy atom. The molecule has 2 aromatic heterocycles. The number of halogens is 1. The van der Waals surface area contributed by atoms with Gasteiger partial charge < -0.3 is 5.32 Å². The molecule has 7 heteroatoms. The normalized spacial score (nSPS) is 11.0. The van der Waals surface area contributed by atoms with Crippen LogP contribution in [0.25, 0.3) is 5.78 Å². The monoisotopic (exact) mass is 303 g/mol. The molecule has 6 nitrogen and oxygen atoms in total. The lowest BCUT2D eigenvalue weighted by atomic mass is 10.2. The summed E-state index contributed by atoms with van der Waals surface area (Å²) in [5.74, 6) is 0.876. The Balaban J connectivity index is 1.83. The van der Waals surface area contributed by atoms with Crippen LogP contribution in [0.3, 0.4) is 0 Å². The number of anilines is 1. The molecule has 0 aliphatic carbocycles. The van der Waals surface area contributed by atoms with Crippen LogP contribution >= 0.6 is 11.6 Å². The van der Waals surface area contributed by atoms with Crippen molar-refractivity contribution in [3.63, 3.8) is 0 Å². The summed E-state index contributed by atoms with van der Waals surface area (Å²) in [4.78, 5) is 20.5. The summed E-state index contributed by atoms with van der Waals surface area (Å²) in [6, 6.07) is 9.02. The van der Waals surface area contributed by atoms with Crippen LogP contribution in [0.4, 0.5) is 5.95 Å². The van der Waals surface area contributed by atoms with E-state index < -0.39 is 0 Å². The fourth-order valence-electron chi connectivity index (χ4n) is 1.98. The van der Waals surface area contributed by atoms with Crippen molar-refractivity contribution in [2.45, 2.75) is 19.9 Å². The predicted molar refractivity (Wildman–Crippen MR) is 81.8 cm³/mol. The summed E-state index contributed by atoms with van der Waals surface area (Å²) < 4.78 is 1.32. The van der Waals surface area contributed by atoms with Gasteiger partial charge in [0.2, 0.25) is 5.95 Å². The van der Waals surface area contributed by atoms with Crippen LogP contribution in [0.15, 0.2) is 35.1 Å². The van der Waals surface area contributed by atoms with Crippen molar-refractivity contribution in [2.75, 3.05) is 5.32 Å². The van der Waals surface area contributed by atoms with Gasteiger partial charge in [-0.2, -0.15) is 9.50 Å². The molecule has 3 aromatic rings. The molecule has 0 radical (unpaired) electrons. The molecule has 1 aromatic carbocycles. The molecule has 0 saturated carbocycles. The van der Waals surface area contributed by atoms with E-state index in [1.807, 2.05) is 31.2 Å². The van der Waals surface area contributed by atoms with Gasteiger partial charge in [-0.1, -0.05) is 30.7 Å². The van der Waals surface area contributed by atoms with E-state index in [-0.39, 0.29) is 5.56 Å². The van der Waals surface area contributed by atoms with Crippen LogP contribution < -0.4 is 10.9 Å². The third kappa shape index (κ3) is 2.90. The molecule has 0 amide bonds. The van der Waals surface area contributed by atoms with Crippen molar-refractivity contribution in [3.05, 3.63) is 57.0 Å². The molecular formula is C14H14ClN5O. The number of hydrogen-bond donors (Lipinski definition) is 2. The van der Waals surface area contributed by atoms with E-state index in [1.54, 1.807) is 0 Å². The van der Waals surface area contributed by atoms with Crippen LogP contribution in [0.2, 0.25) is 5.02 Å². The van der Waals surface area contributed by atoms with Crippen molar-refractivity contribution < 1.29 is 0 Å². The van der Waals surface area contributed by atoms with Crippen molar-refractivity contribution >= 4 is 23.3 Å². The number of aromatic amines is 1. The smallest absolute Gasteiger partial charge is 0.274 e. The number of fused-ring (bicyclic) bond motifs is 1. The number of nitrogens with zero attached hydrogens (tertiary/aromatic N) is 3. The first kappa shape index (κ1) is 13.6. The van der Waals surface area contributed by atoms with Crippen LogP contribution in [0.1, 0.15) is 18.2 Å². The molecule has 3 rings (SSSR count). The van der Waals surface area contributed by atoms with Gasteiger partial charge in [0.25, 0.3) is 11.3 Å². The second-order valence-corrected chi connectivity index (χ2v) is 5.06. The molecule has 0 atom stereocenters. The summed E-state index contributed by atoms with van der Waals surface area (Å²) in [7, 11) is 0. The van der Waals surface area contributed by atoms with Gasteiger partial charge in [0.05, 0.1) is 0 Å². The molecule has 0 aliphatic heterocycles. The van der Waals surface area contributed by atoms with E-state index >= 15 is 0 Å². The minimum Gasteiger partial charge on any atom is -0.351 e. The number of aryl methyl sites for hydroxylation is 1. The highest BCUT2D eigenvalue weighted by atomic mass is 35.5. The second-order valence-electron chi connectivity index (χ2n) is 4.63. The average molecular weight is 304 g/mol. The zero-order valence-corrected chi connectivity index (χ0v) is 12.2. The maximum Gasteiger partial charge on any atom is 0.274 e. The summed E-state index contributed by atoms with van der Waals surface area (Å²) in [6.07, 6.45) is 0.701. The fourth-order valence-corrected chi connectivity index (χ4v) is 2.10. The molecule has 108 valence electrons. The Morgan fingerprint density at radius 3 is 2.76 bits per heavy atom. The van der Waals surface area contributed by atoms with Gasteiger partial charge in [0.15, 0.2) is 0 Å². The number of benzene rings is 1. The minimum atomic E-state index is -0.163. The summed E-state index contributed by atoms with van der Waals surface area (Å²) in [6.45, 7) is 2.52. The zero-order chi connectivity index (χ0) is 14.8. The highest BCUT2D eigenvalue weighted by Crippen LogP contribution is 2.11. The highest BCUT2D eigenvalue weighted by molar-refractivity contribution is 6.30. The topological polar surface area (TPSA) is 75.1 Å². The van der Waals surface area contributed by atoms with Crippen LogP contribution in [0, 0.1) is 0 Å². The van der Waals surface area contributed by atoms with E-state index in [0.29, 0.717) is 29.7 Å². The predicted octanol–water partition coefficient (Wildman–Crippen LogP) is 2.25. The van der Waals surface area contributed by atoms with E-state index in [1.165, 1.54) is 10.6 Å². The molecule has 0 fully saturated rings. The summed E-state index contributed by atoms with van der Waals surface area (Å²) >= 11 is 5.84. The molecule has 0 bridgehead atoms. The summed E-state index contributed by atoms with van der Waals surface area (Å²) in [5.41, 5.74) is 1.63. The number of rotatable bonds is 4. The Hall–Kier alpha value is -2.34. The third-order valence-corrected chi connectivity index (χ3v) is 3.37. The van der Waals surface area contributed by atoms with Gasteiger partial charge in [0, 0.05) is 23.3 Å². The first-order valence-electron chi connectivity index (χ1n) is 6.62. The first-order valence-corrected chi connectivity index (χ1v) is 7.00. The lowest BCUT2D eigenvalue weighted by Crippen LogP contribution is -2.15. The van der Waals surface area contributed by atoms with E-state index in [2.05, 4.69) is 20.4 Å². The maximum atomic E-state index is 11.9. The van der Waals surface area contributed by atoms with Crippen molar-refractivity contribution in [1.29, 1.82) is 0 Å². The quantitative estimate of drug-likeness (QED) is 0.775. The molecule has 0 spiro atoms. The van der Waals surface area contributed by atoms with Crippen LogP contribution in [-0.2, 0) is 13.0 Å². The van der Waals surface area contributed by atoms with E-state index in [9.17, 15) is 4.79 Å². The fraction of sp³-hybridized carbons (Fsp3) is 0.214. The summed E-state index contributed by atoms with van der Waals surface area (Å²) in [5, 5.41) is 6.71. The van der Waals surface area contributed by atoms with E-state index in [0.717, 1.165) is 11.3 Å². The Kier molecular flexibility index (Phi) is 3.62. The Morgan fingerprint density at radius 1 is 1.29 bits per heavy atom. The Bertz CT molecular complexity index is 821. The molecular weight excluding hydrogens is 290 g/mol. The largest absolute Gasteiger partial charge is 0.351 e. The lowest BCUT2D eigenvalue weighted by molar-refractivity contribution is 0.873. The third-order valence-electron chi connectivity index (χ3n) is 3.12. The van der Waals surface area contributed by atoms with Gasteiger partial charge in [-0.25, -0.2) is 4.98 Å². The lowest BCUT2D eigenvalue weighted by Gasteiger charge is -2.02. The van der Waals surface area contributed by atoms with Crippen LogP contribution in [0.5, 0.6) is 0 Å². The number of hydrogen-bond acceptors (Lipinski definition) is 4. The standard InChI is InChI=1S/C14H14ClN5O/c1-2-11-7-12(21)20-14(17-11)18-13(19-20)16-8-9-3-5-10(15)6-4-9/h3-7H,2,8H2,1H3,(H2,16,17,18,19).